The molecule has 2 aliphatic heterocycles. The fraction of sp³-hybridized carbons (Fsp3) is 0.524. The van der Waals surface area contributed by atoms with Crippen LogP contribution in [0, 0.1) is 11.3 Å². The second kappa shape index (κ2) is 6.23. The largest absolute Gasteiger partial charge is 0.465 e. The Morgan fingerprint density at radius 3 is 2.69 bits per heavy atom. The van der Waals surface area contributed by atoms with E-state index >= 15 is 0 Å². The molecule has 0 saturated carbocycles. The maximum absolute atomic E-state index is 13.6. The molecule has 0 spiro atoms. The zero-order valence-corrected chi connectivity index (χ0v) is 15.5. The highest BCUT2D eigenvalue weighted by Gasteiger charge is 2.68. The Morgan fingerprint density at radius 1 is 1.27 bits per heavy atom. The quantitative estimate of drug-likeness (QED) is 0.475. The predicted octanol–water partition coefficient (Wildman–Crippen LogP) is 3.22. The summed E-state index contributed by atoms with van der Waals surface area (Å²) < 4.78 is 11.4. The number of rotatable bonds is 3. The molecule has 1 aliphatic carbocycles. The van der Waals surface area contributed by atoms with Crippen LogP contribution in [0.5, 0.6) is 0 Å². The Morgan fingerprint density at radius 2 is 2.00 bits per heavy atom. The highest BCUT2D eigenvalue weighted by atomic mass is 16.5. The lowest BCUT2D eigenvalue weighted by Crippen LogP contribution is -2.47. The van der Waals surface area contributed by atoms with Gasteiger partial charge in [0.05, 0.1) is 19.3 Å². The molecule has 0 radical (unpaired) electrons. The lowest BCUT2D eigenvalue weighted by Gasteiger charge is -2.37. The van der Waals surface area contributed by atoms with Crippen LogP contribution in [-0.2, 0) is 19.1 Å². The second-order valence-corrected chi connectivity index (χ2v) is 7.62. The molecule has 3 aliphatic rings. The minimum Gasteiger partial charge on any atom is -0.465 e. The number of ether oxygens (including phenoxy) is 2. The molecule has 2 heterocycles. The first-order valence-corrected chi connectivity index (χ1v) is 9.32. The minimum absolute atomic E-state index is 0.0832. The third kappa shape index (κ3) is 2.26. The van der Waals surface area contributed by atoms with Crippen LogP contribution in [-0.4, -0.2) is 36.0 Å². The van der Waals surface area contributed by atoms with Crippen molar-refractivity contribution >= 4 is 11.9 Å². The van der Waals surface area contributed by atoms with Crippen molar-refractivity contribution < 1.29 is 19.1 Å². The van der Waals surface area contributed by atoms with Crippen LogP contribution in [0.2, 0.25) is 0 Å². The van der Waals surface area contributed by atoms with Gasteiger partial charge in [-0.2, -0.15) is 0 Å². The first kappa shape index (κ1) is 17.3. The Hall–Kier alpha value is -2.14. The van der Waals surface area contributed by atoms with Gasteiger partial charge in [-0.25, -0.2) is 0 Å². The summed E-state index contributed by atoms with van der Waals surface area (Å²) in [5, 5.41) is 0. The van der Waals surface area contributed by atoms with Crippen molar-refractivity contribution in [2.75, 3.05) is 13.2 Å². The van der Waals surface area contributed by atoms with Crippen molar-refractivity contribution in [1.82, 2.24) is 4.90 Å². The fourth-order valence-electron chi connectivity index (χ4n) is 4.84. The number of allylic oxidation sites excluding steroid dienone is 2. The standard InChI is InChI=1S/C21H25NO4/c1-4-25-20(24)21-11-14(3)13(2)10-16(21)17-12-26-18(22(17)19(21)23)15-8-6-5-7-9-15/h5-9,16-18H,4,10-12H2,1-3H3/t16-,17-,18-,21+/m1/s1. The van der Waals surface area contributed by atoms with Gasteiger partial charge in [0.2, 0.25) is 5.91 Å². The molecule has 1 aromatic carbocycles. The topological polar surface area (TPSA) is 55.8 Å². The SMILES string of the molecule is CCOC(=O)[C@@]12CC(C)=C(C)C[C@@H]1[C@H]1CO[C@H](c3ccccc3)N1C2=O. The summed E-state index contributed by atoms with van der Waals surface area (Å²) in [6.07, 6.45) is 0.768. The lowest BCUT2D eigenvalue weighted by atomic mass is 9.64. The summed E-state index contributed by atoms with van der Waals surface area (Å²) in [4.78, 5) is 28.4. The van der Waals surface area contributed by atoms with E-state index in [1.165, 1.54) is 5.57 Å². The molecule has 138 valence electrons. The molecule has 0 bridgehead atoms. The number of fused-ring (bicyclic) bond motifs is 3. The molecule has 0 unspecified atom stereocenters. The van der Waals surface area contributed by atoms with E-state index in [0.717, 1.165) is 17.6 Å². The summed E-state index contributed by atoms with van der Waals surface area (Å²) >= 11 is 0. The van der Waals surface area contributed by atoms with E-state index in [4.69, 9.17) is 9.47 Å². The van der Waals surface area contributed by atoms with Crippen LogP contribution in [0.3, 0.4) is 0 Å². The third-order valence-electron chi connectivity index (χ3n) is 6.27. The lowest BCUT2D eigenvalue weighted by molar-refractivity contribution is -0.166. The van der Waals surface area contributed by atoms with Gasteiger partial charge in [-0.05, 0) is 33.6 Å². The number of amides is 1. The Labute approximate surface area is 154 Å². The molecule has 5 heteroatoms. The van der Waals surface area contributed by atoms with Gasteiger partial charge in [0.25, 0.3) is 0 Å². The average molecular weight is 355 g/mol. The van der Waals surface area contributed by atoms with Crippen molar-refractivity contribution in [3.05, 3.63) is 47.0 Å². The van der Waals surface area contributed by atoms with E-state index < -0.39 is 11.6 Å². The van der Waals surface area contributed by atoms with E-state index in [2.05, 4.69) is 6.92 Å². The fourth-order valence-corrected chi connectivity index (χ4v) is 4.84. The van der Waals surface area contributed by atoms with E-state index in [1.54, 1.807) is 6.92 Å². The summed E-state index contributed by atoms with van der Waals surface area (Å²) in [5.74, 6) is -0.598. The van der Waals surface area contributed by atoms with Crippen LogP contribution in [0.1, 0.15) is 45.4 Å². The molecule has 2 saturated heterocycles. The molecule has 4 atom stereocenters. The summed E-state index contributed by atoms with van der Waals surface area (Å²) in [7, 11) is 0. The van der Waals surface area contributed by atoms with Crippen molar-refractivity contribution in [1.29, 1.82) is 0 Å². The molecular formula is C21H25NO4. The first-order valence-electron chi connectivity index (χ1n) is 9.32. The Bertz CT molecular complexity index is 771. The molecule has 1 aromatic rings. The molecular weight excluding hydrogens is 330 g/mol. The number of nitrogens with zero attached hydrogens (tertiary/aromatic N) is 1. The molecule has 5 nitrogen and oxygen atoms in total. The number of carbonyl (C=O) groups is 2. The van der Waals surface area contributed by atoms with Gasteiger partial charge in [-0.1, -0.05) is 41.5 Å². The maximum Gasteiger partial charge on any atom is 0.322 e. The second-order valence-electron chi connectivity index (χ2n) is 7.62. The average Bonchev–Trinajstić information content (AvgIpc) is 3.16. The van der Waals surface area contributed by atoms with Gasteiger partial charge in [0, 0.05) is 11.5 Å². The van der Waals surface area contributed by atoms with Crippen LogP contribution in [0.25, 0.3) is 0 Å². The van der Waals surface area contributed by atoms with E-state index in [-0.39, 0.29) is 30.4 Å². The highest BCUT2D eigenvalue weighted by Crippen LogP contribution is 2.57. The molecule has 26 heavy (non-hydrogen) atoms. The van der Waals surface area contributed by atoms with Crippen molar-refractivity contribution in [3.8, 4) is 0 Å². The number of carbonyl (C=O) groups excluding carboxylic acids is 2. The molecule has 2 fully saturated rings. The van der Waals surface area contributed by atoms with Gasteiger partial charge in [0.15, 0.2) is 11.6 Å². The number of benzene rings is 1. The van der Waals surface area contributed by atoms with Crippen molar-refractivity contribution in [2.24, 2.45) is 11.3 Å². The third-order valence-corrected chi connectivity index (χ3v) is 6.27. The van der Waals surface area contributed by atoms with Gasteiger partial charge < -0.3 is 14.4 Å². The van der Waals surface area contributed by atoms with E-state index in [1.807, 2.05) is 42.2 Å². The highest BCUT2D eigenvalue weighted by molar-refractivity contribution is 6.06. The van der Waals surface area contributed by atoms with Gasteiger partial charge >= 0.3 is 5.97 Å². The normalized spacial score (nSPS) is 33.3. The van der Waals surface area contributed by atoms with Gasteiger partial charge in [-0.15, -0.1) is 0 Å². The van der Waals surface area contributed by atoms with Crippen molar-refractivity contribution in [2.45, 2.75) is 45.9 Å². The zero-order valence-electron chi connectivity index (χ0n) is 15.5. The van der Waals surface area contributed by atoms with Crippen LogP contribution < -0.4 is 0 Å². The number of hydrogen-bond donors (Lipinski definition) is 0. The maximum atomic E-state index is 13.6. The monoisotopic (exact) mass is 355 g/mol. The van der Waals surface area contributed by atoms with E-state index in [9.17, 15) is 9.59 Å². The predicted molar refractivity (Wildman–Crippen MR) is 95.9 cm³/mol. The molecule has 1 amide bonds. The summed E-state index contributed by atoms with van der Waals surface area (Å²) in [6, 6.07) is 9.67. The molecule has 0 N–H and O–H groups in total. The Balaban J connectivity index is 1.77. The first-order chi connectivity index (χ1) is 12.5. The number of esters is 1. The van der Waals surface area contributed by atoms with Crippen LogP contribution in [0.4, 0.5) is 0 Å². The molecule has 4 rings (SSSR count). The number of hydrogen-bond acceptors (Lipinski definition) is 4. The van der Waals surface area contributed by atoms with E-state index in [0.29, 0.717) is 13.0 Å². The minimum atomic E-state index is -1.10. The zero-order chi connectivity index (χ0) is 18.5. The molecule has 0 aromatic heterocycles. The van der Waals surface area contributed by atoms with Gasteiger partial charge in [-0.3, -0.25) is 9.59 Å². The van der Waals surface area contributed by atoms with Crippen LogP contribution in [0.15, 0.2) is 41.5 Å². The Kier molecular flexibility index (Phi) is 4.14. The van der Waals surface area contributed by atoms with Crippen molar-refractivity contribution in [3.63, 3.8) is 0 Å². The van der Waals surface area contributed by atoms with Gasteiger partial charge in [0.1, 0.15) is 0 Å². The summed E-state index contributed by atoms with van der Waals surface area (Å²) in [6.45, 7) is 6.66. The van der Waals surface area contributed by atoms with Crippen LogP contribution >= 0.6 is 0 Å². The smallest absolute Gasteiger partial charge is 0.322 e. The summed E-state index contributed by atoms with van der Waals surface area (Å²) in [5.41, 5.74) is 2.25.